The van der Waals surface area contributed by atoms with Gasteiger partial charge in [0.05, 0.1) is 39.9 Å². The zero-order valence-electron chi connectivity index (χ0n) is 19.0. The van der Waals surface area contributed by atoms with Crippen LogP contribution in [0, 0.1) is 19.7 Å². The van der Waals surface area contributed by atoms with Crippen molar-refractivity contribution in [3.05, 3.63) is 75.6 Å². The Morgan fingerprint density at radius 2 is 1.89 bits per heavy atom. The summed E-state index contributed by atoms with van der Waals surface area (Å²) in [6.45, 7) is 3.68. The first-order valence-electron chi connectivity index (χ1n) is 11.0. The maximum absolute atomic E-state index is 13.6. The molecule has 2 aromatic carbocycles. The van der Waals surface area contributed by atoms with Crippen LogP contribution < -0.4 is 5.32 Å². The van der Waals surface area contributed by atoms with Crippen molar-refractivity contribution in [3.8, 4) is 11.3 Å². The second-order valence-electron chi connectivity index (χ2n) is 8.76. The molecule has 1 aliphatic heterocycles. The summed E-state index contributed by atoms with van der Waals surface area (Å²) in [7, 11) is -3.16. The first-order valence-corrected chi connectivity index (χ1v) is 13.7. The molecule has 1 unspecified atom stereocenters. The van der Waals surface area contributed by atoms with Crippen LogP contribution in [0.2, 0.25) is 0 Å². The molecule has 180 valence electrons. The Labute approximate surface area is 210 Å². The van der Waals surface area contributed by atoms with E-state index >= 15 is 0 Å². The molecule has 2 aromatic heterocycles. The SMILES string of the molecule is Cc1cc(Br)ccc1NC(=O)c1cc(-c2ccc(F)cc2)nc2c1c(C)nn2C1CCS(=O)(=O)C1. The van der Waals surface area contributed by atoms with Crippen LogP contribution in [0.25, 0.3) is 22.3 Å². The van der Waals surface area contributed by atoms with Gasteiger partial charge in [0.2, 0.25) is 0 Å². The van der Waals surface area contributed by atoms with Crippen molar-refractivity contribution in [2.24, 2.45) is 0 Å². The molecule has 1 N–H and O–H groups in total. The molecule has 1 aliphatic rings. The van der Waals surface area contributed by atoms with Gasteiger partial charge >= 0.3 is 0 Å². The first-order chi connectivity index (χ1) is 16.6. The third kappa shape index (κ3) is 4.60. The van der Waals surface area contributed by atoms with Crippen molar-refractivity contribution in [2.75, 3.05) is 16.8 Å². The highest BCUT2D eigenvalue weighted by Crippen LogP contribution is 2.33. The van der Waals surface area contributed by atoms with Crippen LogP contribution in [0.1, 0.15) is 34.1 Å². The zero-order valence-corrected chi connectivity index (χ0v) is 21.5. The monoisotopic (exact) mass is 556 g/mol. The van der Waals surface area contributed by atoms with Crippen LogP contribution in [-0.4, -0.2) is 40.6 Å². The number of carbonyl (C=O) groups excluding carboxylic acids is 1. The minimum absolute atomic E-state index is 0.0225. The summed E-state index contributed by atoms with van der Waals surface area (Å²) in [5.41, 5.74) is 4.04. The minimum atomic E-state index is -3.16. The number of hydrogen-bond acceptors (Lipinski definition) is 5. The van der Waals surface area contributed by atoms with E-state index in [9.17, 15) is 17.6 Å². The summed E-state index contributed by atoms with van der Waals surface area (Å²) in [5.74, 6) is -0.652. The van der Waals surface area contributed by atoms with Crippen molar-refractivity contribution < 1.29 is 17.6 Å². The van der Waals surface area contributed by atoms with E-state index in [0.29, 0.717) is 45.7 Å². The third-order valence-electron chi connectivity index (χ3n) is 6.21. The van der Waals surface area contributed by atoms with E-state index < -0.39 is 9.84 Å². The highest BCUT2D eigenvalue weighted by atomic mass is 79.9. The predicted molar refractivity (Wildman–Crippen MR) is 137 cm³/mol. The normalized spacial score (nSPS) is 17.1. The van der Waals surface area contributed by atoms with Crippen LogP contribution in [0.5, 0.6) is 0 Å². The average Bonchev–Trinajstić information content (AvgIpc) is 3.34. The maximum Gasteiger partial charge on any atom is 0.256 e. The van der Waals surface area contributed by atoms with Gasteiger partial charge in [-0.15, -0.1) is 0 Å². The highest BCUT2D eigenvalue weighted by molar-refractivity contribution is 9.10. The van der Waals surface area contributed by atoms with E-state index in [0.717, 1.165) is 10.0 Å². The molecular weight excluding hydrogens is 535 g/mol. The molecule has 1 amide bonds. The fourth-order valence-electron chi connectivity index (χ4n) is 4.44. The molecule has 7 nitrogen and oxygen atoms in total. The molecule has 1 atom stereocenters. The van der Waals surface area contributed by atoms with E-state index in [1.165, 1.54) is 12.1 Å². The summed E-state index contributed by atoms with van der Waals surface area (Å²) in [4.78, 5) is 18.3. The number of hydrogen-bond donors (Lipinski definition) is 1. The van der Waals surface area contributed by atoms with E-state index in [1.54, 1.807) is 29.8 Å². The van der Waals surface area contributed by atoms with Gasteiger partial charge in [-0.3, -0.25) is 4.79 Å². The topological polar surface area (TPSA) is 93.9 Å². The van der Waals surface area contributed by atoms with E-state index in [-0.39, 0.29) is 29.3 Å². The number of halogens is 2. The van der Waals surface area contributed by atoms with Gasteiger partial charge in [0, 0.05) is 15.7 Å². The molecular formula is C25H22BrFN4O3S. The Morgan fingerprint density at radius 3 is 2.54 bits per heavy atom. The number of sulfone groups is 1. The minimum Gasteiger partial charge on any atom is -0.322 e. The molecule has 0 saturated carbocycles. The van der Waals surface area contributed by atoms with Crippen LogP contribution in [-0.2, 0) is 9.84 Å². The molecule has 3 heterocycles. The Morgan fingerprint density at radius 1 is 1.14 bits per heavy atom. The zero-order chi connectivity index (χ0) is 24.9. The van der Waals surface area contributed by atoms with Crippen LogP contribution in [0.3, 0.4) is 0 Å². The lowest BCUT2D eigenvalue weighted by atomic mass is 10.0. The van der Waals surface area contributed by atoms with Gasteiger partial charge in [-0.05, 0) is 74.4 Å². The van der Waals surface area contributed by atoms with Gasteiger partial charge in [-0.1, -0.05) is 15.9 Å². The number of pyridine rings is 1. The molecule has 0 aliphatic carbocycles. The number of anilines is 1. The van der Waals surface area contributed by atoms with Gasteiger partial charge in [0.15, 0.2) is 15.5 Å². The molecule has 0 radical (unpaired) electrons. The number of rotatable bonds is 4. The first kappa shape index (κ1) is 23.6. The lowest BCUT2D eigenvalue weighted by Crippen LogP contribution is -2.15. The molecule has 0 bridgehead atoms. The van der Waals surface area contributed by atoms with Gasteiger partial charge in [0.25, 0.3) is 5.91 Å². The lowest BCUT2D eigenvalue weighted by Gasteiger charge is -2.13. The number of amides is 1. The van der Waals surface area contributed by atoms with Crippen molar-refractivity contribution in [2.45, 2.75) is 26.3 Å². The second kappa shape index (κ2) is 8.83. The lowest BCUT2D eigenvalue weighted by molar-refractivity contribution is 0.102. The van der Waals surface area contributed by atoms with Crippen molar-refractivity contribution >= 4 is 48.4 Å². The Balaban J connectivity index is 1.68. The average molecular weight is 557 g/mol. The van der Waals surface area contributed by atoms with Crippen LogP contribution >= 0.6 is 15.9 Å². The Kier molecular flexibility index (Phi) is 5.96. The van der Waals surface area contributed by atoms with E-state index in [4.69, 9.17) is 4.98 Å². The quantitative estimate of drug-likeness (QED) is 0.371. The number of fused-ring (bicyclic) bond motifs is 1. The Bertz CT molecular complexity index is 1580. The van der Waals surface area contributed by atoms with Crippen LogP contribution in [0.4, 0.5) is 10.1 Å². The number of benzene rings is 2. The maximum atomic E-state index is 13.6. The molecule has 35 heavy (non-hydrogen) atoms. The molecule has 1 fully saturated rings. The van der Waals surface area contributed by atoms with Crippen molar-refractivity contribution in [3.63, 3.8) is 0 Å². The fourth-order valence-corrected chi connectivity index (χ4v) is 6.61. The number of aromatic nitrogens is 3. The number of carbonyl (C=O) groups is 1. The van der Waals surface area contributed by atoms with Gasteiger partial charge in [-0.2, -0.15) is 5.10 Å². The van der Waals surface area contributed by atoms with Crippen LogP contribution in [0.15, 0.2) is 53.0 Å². The summed E-state index contributed by atoms with van der Waals surface area (Å²) < 4.78 is 40.4. The Hall–Kier alpha value is -3.11. The smallest absolute Gasteiger partial charge is 0.256 e. The molecule has 5 rings (SSSR count). The predicted octanol–water partition coefficient (Wildman–Crippen LogP) is 5.23. The molecule has 1 saturated heterocycles. The molecule has 4 aromatic rings. The number of aryl methyl sites for hydroxylation is 2. The number of nitrogens with one attached hydrogen (secondary N) is 1. The van der Waals surface area contributed by atoms with Crippen molar-refractivity contribution in [1.29, 1.82) is 0 Å². The summed E-state index contributed by atoms with van der Waals surface area (Å²) in [6, 6.07) is 12.7. The highest BCUT2D eigenvalue weighted by Gasteiger charge is 2.32. The number of nitrogens with zero attached hydrogens (tertiary/aromatic N) is 3. The van der Waals surface area contributed by atoms with Gasteiger partial charge < -0.3 is 5.32 Å². The summed E-state index contributed by atoms with van der Waals surface area (Å²) in [5, 5.41) is 8.14. The van der Waals surface area contributed by atoms with E-state index in [1.807, 2.05) is 25.1 Å². The summed E-state index contributed by atoms with van der Waals surface area (Å²) in [6.07, 6.45) is 0.431. The second-order valence-corrected chi connectivity index (χ2v) is 11.9. The van der Waals surface area contributed by atoms with Crippen molar-refractivity contribution in [1.82, 2.24) is 14.8 Å². The summed E-state index contributed by atoms with van der Waals surface area (Å²) >= 11 is 3.43. The standard InChI is InChI=1S/C25H22BrFN4O3S/c1-14-11-17(26)5-8-21(14)29-25(32)20-12-22(16-3-6-18(27)7-4-16)28-24-23(20)15(2)30-31(24)19-9-10-35(33,34)13-19/h3-8,11-12,19H,9-10,13H2,1-2H3,(H,29,32). The largest absolute Gasteiger partial charge is 0.322 e. The molecule has 0 spiro atoms. The molecule has 10 heteroatoms. The van der Waals surface area contributed by atoms with Gasteiger partial charge in [0.1, 0.15) is 5.82 Å². The third-order valence-corrected chi connectivity index (χ3v) is 8.46. The van der Waals surface area contributed by atoms with E-state index in [2.05, 4.69) is 26.3 Å². The van der Waals surface area contributed by atoms with Gasteiger partial charge in [-0.25, -0.2) is 22.5 Å². The fraction of sp³-hybridized carbons (Fsp3) is 0.240.